The molecule has 3 aromatic rings. The van der Waals surface area contributed by atoms with Crippen molar-refractivity contribution in [3.05, 3.63) is 96.1 Å². The van der Waals surface area contributed by atoms with Crippen LogP contribution in [0.2, 0.25) is 0 Å². The molecule has 0 bridgehead atoms. The smallest absolute Gasteiger partial charge is 0.119 e. The number of phenols is 1. The second-order valence-electron chi connectivity index (χ2n) is 5.23. The van der Waals surface area contributed by atoms with Gasteiger partial charge in [0, 0.05) is 0 Å². The number of aromatic hydroxyl groups is 1. The SMILES string of the molecule is Oc1ccc(-c2ccccc2)cc1C/C=C\c1ccccc1. The molecule has 108 valence electrons. The highest BCUT2D eigenvalue weighted by molar-refractivity contribution is 5.65. The first kappa shape index (κ1) is 14.2. The van der Waals surface area contributed by atoms with Gasteiger partial charge < -0.3 is 5.11 Å². The fraction of sp³-hybridized carbons (Fsp3) is 0.0476. The number of hydrogen-bond donors (Lipinski definition) is 1. The maximum absolute atomic E-state index is 10.0. The van der Waals surface area contributed by atoms with Crippen molar-refractivity contribution < 1.29 is 5.11 Å². The van der Waals surface area contributed by atoms with E-state index in [1.807, 2.05) is 42.5 Å². The van der Waals surface area contributed by atoms with Gasteiger partial charge >= 0.3 is 0 Å². The van der Waals surface area contributed by atoms with Gasteiger partial charge in [0.1, 0.15) is 5.75 Å². The summed E-state index contributed by atoms with van der Waals surface area (Å²) in [6.45, 7) is 0. The summed E-state index contributed by atoms with van der Waals surface area (Å²) in [6, 6.07) is 26.2. The first-order chi connectivity index (χ1) is 10.8. The van der Waals surface area contributed by atoms with E-state index in [0.717, 1.165) is 16.7 Å². The zero-order chi connectivity index (χ0) is 15.2. The van der Waals surface area contributed by atoms with Crippen molar-refractivity contribution in [2.24, 2.45) is 0 Å². The summed E-state index contributed by atoms with van der Waals surface area (Å²) < 4.78 is 0. The lowest BCUT2D eigenvalue weighted by atomic mass is 10.0. The second kappa shape index (κ2) is 6.77. The number of rotatable bonds is 4. The van der Waals surface area contributed by atoms with Crippen LogP contribution in [0.15, 0.2) is 84.9 Å². The molecule has 3 aromatic carbocycles. The molecule has 0 aliphatic carbocycles. The number of benzene rings is 3. The lowest BCUT2D eigenvalue weighted by Crippen LogP contribution is -1.85. The molecule has 0 saturated carbocycles. The lowest BCUT2D eigenvalue weighted by Gasteiger charge is -2.06. The molecule has 0 heterocycles. The van der Waals surface area contributed by atoms with Crippen molar-refractivity contribution in [2.45, 2.75) is 6.42 Å². The monoisotopic (exact) mass is 286 g/mol. The molecule has 0 unspecified atom stereocenters. The fourth-order valence-corrected chi connectivity index (χ4v) is 2.45. The van der Waals surface area contributed by atoms with Crippen molar-refractivity contribution in [3.63, 3.8) is 0 Å². The lowest BCUT2D eigenvalue weighted by molar-refractivity contribution is 0.470. The predicted molar refractivity (Wildman–Crippen MR) is 92.7 cm³/mol. The third-order valence-corrected chi connectivity index (χ3v) is 3.63. The highest BCUT2D eigenvalue weighted by atomic mass is 16.3. The Kier molecular flexibility index (Phi) is 4.35. The van der Waals surface area contributed by atoms with Gasteiger partial charge in [0.05, 0.1) is 0 Å². The average molecular weight is 286 g/mol. The molecule has 0 fully saturated rings. The summed E-state index contributed by atoms with van der Waals surface area (Å²) in [6.07, 6.45) is 4.87. The van der Waals surface area contributed by atoms with Crippen LogP contribution in [0.25, 0.3) is 17.2 Å². The van der Waals surface area contributed by atoms with E-state index in [1.54, 1.807) is 6.07 Å². The summed E-state index contributed by atoms with van der Waals surface area (Å²) >= 11 is 0. The van der Waals surface area contributed by atoms with Crippen molar-refractivity contribution in [1.29, 1.82) is 0 Å². The Labute approximate surface area is 131 Å². The quantitative estimate of drug-likeness (QED) is 0.688. The highest BCUT2D eigenvalue weighted by Gasteiger charge is 2.03. The molecule has 0 saturated heterocycles. The van der Waals surface area contributed by atoms with Crippen LogP contribution in [0.4, 0.5) is 0 Å². The van der Waals surface area contributed by atoms with Crippen molar-refractivity contribution in [2.75, 3.05) is 0 Å². The average Bonchev–Trinajstić information content (AvgIpc) is 2.58. The zero-order valence-corrected chi connectivity index (χ0v) is 12.3. The summed E-state index contributed by atoms with van der Waals surface area (Å²) in [5, 5.41) is 10.0. The van der Waals surface area contributed by atoms with Crippen LogP contribution >= 0.6 is 0 Å². The van der Waals surface area contributed by atoms with Gasteiger partial charge in [-0.25, -0.2) is 0 Å². The molecule has 22 heavy (non-hydrogen) atoms. The van der Waals surface area contributed by atoms with Crippen LogP contribution in [0, 0.1) is 0 Å². The van der Waals surface area contributed by atoms with E-state index in [9.17, 15) is 5.11 Å². The van der Waals surface area contributed by atoms with Crippen molar-refractivity contribution >= 4 is 6.08 Å². The summed E-state index contributed by atoms with van der Waals surface area (Å²) in [7, 11) is 0. The minimum Gasteiger partial charge on any atom is -0.508 e. The highest BCUT2D eigenvalue weighted by Crippen LogP contribution is 2.26. The van der Waals surface area contributed by atoms with Crippen molar-refractivity contribution in [3.8, 4) is 16.9 Å². The van der Waals surface area contributed by atoms with Gasteiger partial charge in [-0.15, -0.1) is 0 Å². The molecule has 1 N–H and O–H groups in total. The zero-order valence-electron chi connectivity index (χ0n) is 12.3. The maximum Gasteiger partial charge on any atom is 0.119 e. The Hall–Kier alpha value is -2.80. The molecule has 0 aliphatic rings. The molecule has 0 spiro atoms. The molecule has 0 radical (unpaired) electrons. The first-order valence-corrected chi connectivity index (χ1v) is 7.42. The Morgan fingerprint density at radius 3 is 2.14 bits per heavy atom. The van der Waals surface area contributed by atoms with Crippen LogP contribution in [0.3, 0.4) is 0 Å². The summed E-state index contributed by atoms with van der Waals surface area (Å²) in [5.74, 6) is 0.345. The minimum absolute atomic E-state index is 0.345. The molecular weight excluding hydrogens is 268 g/mol. The van der Waals surface area contributed by atoms with Gasteiger partial charge in [0.15, 0.2) is 0 Å². The van der Waals surface area contributed by atoms with Gasteiger partial charge in [-0.3, -0.25) is 0 Å². The molecule has 0 amide bonds. The molecule has 0 aliphatic heterocycles. The Morgan fingerprint density at radius 1 is 0.727 bits per heavy atom. The van der Waals surface area contributed by atoms with Crippen LogP contribution in [0.1, 0.15) is 11.1 Å². The number of hydrogen-bond acceptors (Lipinski definition) is 1. The van der Waals surface area contributed by atoms with Gasteiger partial charge in [-0.1, -0.05) is 78.9 Å². The van der Waals surface area contributed by atoms with E-state index in [4.69, 9.17) is 0 Å². The largest absolute Gasteiger partial charge is 0.508 e. The van der Waals surface area contributed by atoms with Crippen LogP contribution in [-0.2, 0) is 6.42 Å². The van der Waals surface area contributed by atoms with E-state index in [1.165, 1.54) is 5.56 Å². The van der Waals surface area contributed by atoms with E-state index in [0.29, 0.717) is 12.2 Å². The normalized spacial score (nSPS) is 10.9. The van der Waals surface area contributed by atoms with Crippen LogP contribution in [-0.4, -0.2) is 5.11 Å². The molecule has 0 aromatic heterocycles. The Balaban J connectivity index is 1.80. The maximum atomic E-state index is 10.0. The molecule has 0 atom stereocenters. The fourth-order valence-electron chi connectivity index (χ4n) is 2.45. The van der Waals surface area contributed by atoms with Crippen LogP contribution in [0.5, 0.6) is 5.75 Å². The van der Waals surface area contributed by atoms with E-state index in [-0.39, 0.29) is 0 Å². The third kappa shape index (κ3) is 3.44. The molecular formula is C21H18O. The standard InChI is InChI=1S/C21H18O/c22-21-15-14-19(18-11-5-2-6-12-18)16-20(21)13-7-10-17-8-3-1-4-9-17/h1-12,14-16,22H,13H2/b10-7-. The predicted octanol–water partition coefficient (Wildman–Crippen LogP) is 5.32. The van der Waals surface area contributed by atoms with E-state index >= 15 is 0 Å². The van der Waals surface area contributed by atoms with Gasteiger partial charge in [-0.2, -0.15) is 0 Å². The Morgan fingerprint density at radius 2 is 1.41 bits per heavy atom. The minimum atomic E-state index is 0.345. The van der Waals surface area contributed by atoms with Gasteiger partial charge in [-0.05, 0) is 40.8 Å². The first-order valence-electron chi connectivity index (χ1n) is 7.42. The Bertz CT molecular complexity index is 758. The summed E-state index contributed by atoms with van der Waals surface area (Å²) in [4.78, 5) is 0. The molecule has 1 heteroatoms. The molecule has 1 nitrogen and oxygen atoms in total. The van der Waals surface area contributed by atoms with E-state index < -0.39 is 0 Å². The topological polar surface area (TPSA) is 20.2 Å². The van der Waals surface area contributed by atoms with E-state index in [2.05, 4.69) is 42.5 Å². The number of allylic oxidation sites excluding steroid dienone is 1. The van der Waals surface area contributed by atoms with Gasteiger partial charge in [0.25, 0.3) is 0 Å². The summed E-state index contributed by atoms with van der Waals surface area (Å²) in [5.41, 5.74) is 4.40. The van der Waals surface area contributed by atoms with Crippen LogP contribution < -0.4 is 0 Å². The number of phenolic OH excluding ortho intramolecular Hbond substituents is 1. The van der Waals surface area contributed by atoms with Gasteiger partial charge in [0.2, 0.25) is 0 Å². The molecule has 3 rings (SSSR count). The third-order valence-electron chi connectivity index (χ3n) is 3.63. The second-order valence-corrected chi connectivity index (χ2v) is 5.23. The van der Waals surface area contributed by atoms with Crippen molar-refractivity contribution in [1.82, 2.24) is 0 Å².